The summed E-state index contributed by atoms with van der Waals surface area (Å²) >= 11 is 0. The monoisotopic (exact) mass is 436 g/mol. The molecule has 9 nitrogen and oxygen atoms in total. The summed E-state index contributed by atoms with van der Waals surface area (Å²) in [5.74, 6) is -0.306. The molecule has 3 aliphatic rings. The summed E-state index contributed by atoms with van der Waals surface area (Å²) in [6, 6.07) is 14.1. The molecule has 2 fully saturated rings. The molecular formula is C23H24N4O5. The van der Waals surface area contributed by atoms with Crippen molar-refractivity contribution in [2.45, 2.75) is 12.0 Å². The zero-order chi connectivity index (χ0) is 22.1. The van der Waals surface area contributed by atoms with Gasteiger partial charge < -0.3 is 25.0 Å². The van der Waals surface area contributed by atoms with Crippen LogP contribution in [0.15, 0.2) is 48.5 Å². The van der Waals surface area contributed by atoms with Crippen molar-refractivity contribution >= 4 is 29.2 Å². The van der Waals surface area contributed by atoms with Crippen molar-refractivity contribution in [3.8, 4) is 5.75 Å². The van der Waals surface area contributed by atoms with Crippen molar-refractivity contribution in [2.75, 3.05) is 49.7 Å². The molecule has 0 bridgehead atoms. The van der Waals surface area contributed by atoms with Gasteiger partial charge in [0.05, 0.1) is 31.2 Å². The van der Waals surface area contributed by atoms with Crippen molar-refractivity contribution in [3.05, 3.63) is 54.1 Å². The molecule has 2 saturated heterocycles. The lowest BCUT2D eigenvalue weighted by molar-refractivity contribution is -0.135. The summed E-state index contributed by atoms with van der Waals surface area (Å²) in [4.78, 5) is 42.0. The van der Waals surface area contributed by atoms with E-state index in [1.807, 2.05) is 30.3 Å². The number of anilines is 2. The summed E-state index contributed by atoms with van der Waals surface area (Å²) in [5.41, 5.74) is 0.941. The first-order chi connectivity index (χ1) is 15.6. The summed E-state index contributed by atoms with van der Waals surface area (Å²) in [7, 11) is 0. The second-order valence-corrected chi connectivity index (χ2v) is 7.99. The Kier molecular flexibility index (Phi) is 5.18. The van der Waals surface area contributed by atoms with Gasteiger partial charge in [0.1, 0.15) is 12.3 Å². The third kappa shape index (κ3) is 3.44. The summed E-state index contributed by atoms with van der Waals surface area (Å²) < 4.78 is 11.1. The second kappa shape index (κ2) is 8.16. The number of urea groups is 1. The molecule has 32 heavy (non-hydrogen) atoms. The van der Waals surface area contributed by atoms with Gasteiger partial charge in [0.25, 0.3) is 5.91 Å². The van der Waals surface area contributed by atoms with Crippen LogP contribution >= 0.6 is 0 Å². The number of amides is 4. The van der Waals surface area contributed by atoms with Gasteiger partial charge in [0, 0.05) is 25.1 Å². The van der Waals surface area contributed by atoms with Crippen LogP contribution in [0.3, 0.4) is 0 Å². The Morgan fingerprint density at radius 1 is 1.03 bits per heavy atom. The molecule has 0 aromatic heterocycles. The maximum absolute atomic E-state index is 13.3. The molecule has 2 aromatic carbocycles. The molecule has 3 heterocycles. The highest BCUT2D eigenvalue weighted by molar-refractivity contribution is 6.11. The van der Waals surface area contributed by atoms with E-state index in [1.165, 1.54) is 0 Å². The van der Waals surface area contributed by atoms with Crippen molar-refractivity contribution in [1.29, 1.82) is 0 Å². The van der Waals surface area contributed by atoms with E-state index in [2.05, 4.69) is 15.5 Å². The topological polar surface area (TPSA) is 100 Å². The maximum atomic E-state index is 13.3. The lowest BCUT2D eigenvalue weighted by Gasteiger charge is -2.33. The molecule has 0 unspecified atom stereocenters. The molecule has 4 amide bonds. The number of nitrogens with one attached hydrogen (secondary N) is 2. The Labute approximate surface area is 185 Å². The van der Waals surface area contributed by atoms with E-state index >= 15 is 0 Å². The molecule has 0 radical (unpaired) electrons. The quantitative estimate of drug-likeness (QED) is 0.708. The van der Waals surface area contributed by atoms with E-state index in [0.717, 1.165) is 23.7 Å². The van der Waals surface area contributed by atoms with Crippen LogP contribution in [0.4, 0.5) is 16.2 Å². The van der Waals surface area contributed by atoms with Gasteiger partial charge in [0.15, 0.2) is 5.54 Å². The van der Waals surface area contributed by atoms with Crippen LogP contribution in [-0.2, 0) is 19.9 Å². The number of benzene rings is 2. The van der Waals surface area contributed by atoms with Gasteiger partial charge in [-0.3, -0.25) is 14.5 Å². The number of para-hydroxylation sites is 3. The molecule has 2 aromatic rings. The molecule has 0 saturated carbocycles. The van der Waals surface area contributed by atoms with E-state index in [9.17, 15) is 14.4 Å². The van der Waals surface area contributed by atoms with Crippen LogP contribution in [0.5, 0.6) is 5.75 Å². The van der Waals surface area contributed by atoms with E-state index in [-0.39, 0.29) is 6.54 Å². The third-order valence-corrected chi connectivity index (χ3v) is 6.09. The van der Waals surface area contributed by atoms with Crippen LogP contribution in [0.2, 0.25) is 0 Å². The highest BCUT2D eigenvalue weighted by atomic mass is 16.5. The number of nitrogens with zero attached hydrogens (tertiary/aromatic N) is 2. The molecule has 1 spiro atoms. The Balaban J connectivity index is 1.33. The number of carbonyl (C=O) groups is 3. The molecule has 3 aliphatic heterocycles. The predicted octanol–water partition coefficient (Wildman–Crippen LogP) is 1.69. The zero-order valence-electron chi connectivity index (χ0n) is 17.5. The van der Waals surface area contributed by atoms with E-state index < -0.39 is 23.4 Å². The molecule has 2 N–H and O–H groups in total. The smallest absolute Gasteiger partial charge is 0.325 e. The lowest BCUT2D eigenvalue weighted by atomic mass is 9.84. The molecule has 5 rings (SSSR count). The van der Waals surface area contributed by atoms with Crippen molar-refractivity contribution in [1.82, 2.24) is 10.2 Å². The van der Waals surface area contributed by atoms with Crippen LogP contribution in [-0.4, -0.2) is 62.2 Å². The van der Waals surface area contributed by atoms with Gasteiger partial charge in [-0.2, -0.15) is 0 Å². The average molecular weight is 436 g/mol. The van der Waals surface area contributed by atoms with Gasteiger partial charge in [-0.05, 0) is 18.2 Å². The summed E-state index contributed by atoms with van der Waals surface area (Å²) in [6.07, 6.45) is 0.312. The van der Waals surface area contributed by atoms with Crippen molar-refractivity contribution in [2.24, 2.45) is 0 Å². The Hall–Kier alpha value is -3.59. The molecule has 166 valence electrons. The largest absolute Gasteiger partial charge is 0.493 e. The SMILES string of the molecule is O=C(CN1C(=O)N[C@@]2(CCOc3ccccc32)C1=O)Nc1ccccc1N1CCOCC1. The molecular weight excluding hydrogens is 412 g/mol. The van der Waals surface area contributed by atoms with Crippen LogP contribution in [0.1, 0.15) is 12.0 Å². The van der Waals surface area contributed by atoms with E-state index in [0.29, 0.717) is 43.2 Å². The number of imide groups is 1. The summed E-state index contributed by atoms with van der Waals surface area (Å²) in [6.45, 7) is 2.63. The Morgan fingerprint density at radius 2 is 1.78 bits per heavy atom. The minimum Gasteiger partial charge on any atom is -0.493 e. The fraction of sp³-hybridized carbons (Fsp3) is 0.348. The van der Waals surface area contributed by atoms with Crippen molar-refractivity contribution < 1.29 is 23.9 Å². The number of rotatable bonds is 4. The van der Waals surface area contributed by atoms with Gasteiger partial charge in [-0.25, -0.2) is 4.79 Å². The maximum Gasteiger partial charge on any atom is 0.325 e. The fourth-order valence-corrected chi connectivity index (χ4v) is 4.51. The highest BCUT2D eigenvalue weighted by Crippen LogP contribution is 2.41. The molecule has 0 aliphatic carbocycles. The van der Waals surface area contributed by atoms with Crippen LogP contribution in [0, 0.1) is 0 Å². The second-order valence-electron chi connectivity index (χ2n) is 7.99. The first kappa shape index (κ1) is 20.3. The highest BCUT2D eigenvalue weighted by Gasteiger charge is 2.55. The first-order valence-electron chi connectivity index (χ1n) is 10.7. The van der Waals surface area contributed by atoms with Gasteiger partial charge in [-0.15, -0.1) is 0 Å². The van der Waals surface area contributed by atoms with Crippen LogP contribution in [0.25, 0.3) is 0 Å². The van der Waals surface area contributed by atoms with Crippen molar-refractivity contribution in [3.63, 3.8) is 0 Å². The number of carbonyl (C=O) groups excluding carboxylic acids is 3. The standard InChI is InChI=1S/C23H24N4O5/c28-20(24-17-6-2-3-7-18(17)26-10-13-31-14-11-26)15-27-21(29)23(25-22(27)30)9-12-32-19-8-4-1-5-16(19)23/h1-8H,9-15H2,(H,24,28)(H,25,30)/t23-/m1/s1. The number of ether oxygens (including phenoxy) is 2. The van der Waals surface area contributed by atoms with Crippen LogP contribution < -0.4 is 20.3 Å². The average Bonchev–Trinajstić information content (AvgIpc) is 3.05. The van der Waals surface area contributed by atoms with Gasteiger partial charge >= 0.3 is 6.03 Å². The number of hydrogen-bond donors (Lipinski definition) is 2. The minimum absolute atomic E-state index is 0.302. The zero-order valence-corrected chi connectivity index (χ0v) is 17.5. The number of fused-ring (bicyclic) bond motifs is 2. The molecule has 9 heteroatoms. The van der Waals surface area contributed by atoms with Gasteiger partial charge in [0.2, 0.25) is 5.91 Å². The Morgan fingerprint density at radius 3 is 2.62 bits per heavy atom. The number of morpholine rings is 1. The molecule has 1 atom stereocenters. The lowest BCUT2D eigenvalue weighted by Crippen LogP contribution is -2.48. The third-order valence-electron chi connectivity index (χ3n) is 6.09. The fourth-order valence-electron chi connectivity index (χ4n) is 4.51. The summed E-state index contributed by atoms with van der Waals surface area (Å²) in [5, 5.41) is 5.68. The Bertz CT molecular complexity index is 1070. The van der Waals surface area contributed by atoms with E-state index in [4.69, 9.17) is 9.47 Å². The normalized spacial score (nSPS) is 22.4. The van der Waals surface area contributed by atoms with Gasteiger partial charge in [-0.1, -0.05) is 30.3 Å². The first-order valence-corrected chi connectivity index (χ1v) is 10.7. The predicted molar refractivity (Wildman–Crippen MR) is 117 cm³/mol. The number of hydrogen-bond acceptors (Lipinski definition) is 6. The minimum atomic E-state index is -1.20. The van der Waals surface area contributed by atoms with E-state index in [1.54, 1.807) is 18.2 Å².